The summed E-state index contributed by atoms with van der Waals surface area (Å²) in [6.07, 6.45) is 12.2. The maximum atomic E-state index is 14.1. The van der Waals surface area contributed by atoms with Crippen LogP contribution in [0.2, 0.25) is 0 Å². The van der Waals surface area contributed by atoms with E-state index in [2.05, 4.69) is 31.3 Å². The fraction of sp³-hybridized carbons (Fsp3) is 0.441. The van der Waals surface area contributed by atoms with Crippen LogP contribution in [0, 0.1) is 25.1 Å². The quantitative estimate of drug-likeness (QED) is 0.0318. The van der Waals surface area contributed by atoms with Crippen molar-refractivity contribution in [2.75, 3.05) is 22.9 Å². The van der Waals surface area contributed by atoms with E-state index in [1.807, 2.05) is 94.7 Å². The number of carbonyl (C=O) groups is 5. The lowest BCUT2D eigenvalue weighted by Crippen LogP contribution is -2.57. The van der Waals surface area contributed by atoms with Gasteiger partial charge in [0, 0.05) is 38.0 Å². The number of aromatic nitrogens is 3. The minimum Gasteiger partial charge on any atom is -0.391 e. The van der Waals surface area contributed by atoms with E-state index < -0.39 is 35.5 Å². The van der Waals surface area contributed by atoms with Crippen molar-refractivity contribution >= 4 is 69.1 Å². The Morgan fingerprint density at radius 3 is 2.07 bits per heavy atom. The number of nitrogens with two attached hydrogens (primary N) is 1. The van der Waals surface area contributed by atoms with E-state index in [-0.39, 0.29) is 54.6 Å². The predicted molar refractivity (Wildman–Crippen MR) is 300 cm³/mol. The lowest BCUT2D eigenvalue weighted by molar-refractivity contribution is -0.144. The molecule has 15 nitrogen and oxygen atoms in total. The number of benzene rings is 4. The molecule has 0 saturated carbocycles. The third-order valence-corrected chi connectivity index (χ3v) is 15.0. The normalized spacial score (nSPS) is 14.9. The molecular formula is C59H74FN9O6S. The highest BCUT2D eigenvalue weighted by molar-refractivity contribution is 7.13. The molecule has 2 aromatic heterocycles. The summed E-state index contributed by atoms with van der Waals surface area (Å²) in [6.45, 7) is 9.78. The Kier molecular flexibility index (Phi) is 19.9. The number of likely N-dealkylation sites (tertiary alicyclic amines) is 1. The van der Waals surface area contributed by atoms with Crippen LogP contribution in [-0.2, 0) is 20.9 Å². The van der Waals surface area contributed by atoms with Gasteiger partial charge < -0.3 is 37.0 Å². The lowest BCUT2D eigenvalue weighted by atomic mass is 9.85. The molecule has 1 aliphatic rings. The molecule has 0 aliphatic carbocycles. The fourth-order valence-electron chi connectivity index (χ4n) is 9.83. The molecule has 3 atom stereocenters. The number of rotatable bonds is 24. The molecule has 0 unspecified atom stereocenters. The van der Waals surface area contributed by atoms with Gasteiger partial charge in [-0.3, -0.25) is 19.2 Å². The summed E-state index contributed by atoms with van der Waals surface area (Å²) in [5, 5.41) is 26.9. The average molecular weight is 1060 g/mol. The fourth-order valence-corrected chi connectivity index (χ4v) is 10.6. The summed E-state index contributed by atoms with van der Waals surface area (Å²) in [5.74, 6) is -1.25. The van der Waals surface area contributed by atoms with Gasteiger partial charge in [-0.05, 0) is 90.3 Å². The number of aliphatic hydroxyl groups excluding tert-OH is 1. The van der Waals surface area contributed by atoms with E-state index in [0.29, 0.717) is 29.4 Å². The van der Waals surface area contributed by atoms with Gasteiger partial charge in [-0.2, -0.15) is 4.68 Å². The van der Waals surface area contributed by atoms with Crippen molar-refractivity contribution in [1.29, 1.82) is 0 Å². The number of amides is 5. The number of nitrogens with zero attached hydrogens (tertiary/aromatic N) is 4. The van der Waals surface area contributed by atoms with Crippen LogP contribution in [-0.4, -0.2) is 79.2 Å². The van der Waals surface area contributed by atoms with Gasteiger partial charge in [0.25, 0.3) is 0 Å². The van der Waals surface area contributed by atoms with Crippen molar-refractivity contribution in [2.24, 2.45) is 5.41 Å². The van der Waals surface area contributed by atoms with E-state index in [0.717, 1.165) is 115 Å². The number of β-amino-alcohol motifs (C(OH)–C–C–N with tert-alkyl or cyclic N) is 1. The Hall–Kier alpha value is -6.98. The molecule has 17 heteroatoms. The van der Waals surface area contributed by atoms with Crippen LogP contribution in [0.4, 0.5) is 26.4 Å². The molecule has 404 valence electrons. The molecule has 6 aromatic rings. The van der Waals surface area contributed by atoms with Crippen molar-refractivity contribution in [3.05, 3.63) is 113 Å². The van der Waals surface area contributed by atoms with Gasteiger partial charge >= 0.3 is 6.03 Å². The first-order valence-electron chi connectivity index (χ1n) is 26.8. The Morgan fingerprint density at radius 2 is 1.43 bits per heavy atom. The van der Waals surface area contributed by atoms with Crippen LogP contribution < -0.4 is 27.0 Å². The van der Waals surface area contributed by atoms with Gasteiger partial charge in [0.1, 0.15) is 17.9 Å². The third-order valence-electron chi connectivity index (χ3n) is 14.1. The summed E-state index contributed by atoms with van der Waals surface area (Å²) >= 11 is 1.58. The zero-order chi connectivity index (χ0) is 54.4. The molecule has 1 aliphatic heterocycles. The molecule has 0 spiro atoms. The molecule has 5 amide bonds. The number of aliphatic hydroxyl groups is 1. The highest BCUT2D eigenvalue weighted by Gasteiger charge is 2.44. The highest BCUT2D eigenvalue weighted by Crippen LogP contribution is 2.34. The minimum atomic E-state index is -0.851. The van der Waals surface area contributed by atoms with Crippen molar-refractivity contribution < 1.29 is 33.5 Å². The number of urea groups is 1. The van der Waals surface area contributed by atoms with E-state index in [1.54, 1.807) is 35.6 Å². The van der Waals surface area contributed by atoms with Gasteiger partial charge in [-0.15, -0.1) is 16.4 Å². The smallest absolute Gasteiger partial charge is 0.323 e. The molecule has 4 aromatic carbocycles. The number of fused-ring (bicyclic) bond motifs is 1. The van der Waals surface area contributed by atoms with E-state index in [4.69, 9.17) is 5.73 Å². The van der Waals surface area contributed by atoms with Crippen LogP contribution in [0.25, 0.3) is 32.5 Å². The Morgan fingerprint density at radius 1 is 0.803 bits per heavy atom. The molecule has 76 heavy (non-hydrogen) atoms. The number of anilines is 3. The molecule has 1 saturated heterocycles. The molecule has 7 rings (SSSR count). The van der Waals surface area contributed by atoms with Gasteiger partial charge in [-0.25, -0.2) is 14.2 Å². The number of nitrogens with one attached hydrogen (secondary N) is 4. The topological polar surface area (TPSA) is 214 Å². The first-order valence-corrected chi connectivity index (χ1v) is 27.6. The minimum absolute atomic E-state index is 0.0304. The summed E-state index contributed by atoms with van der Waals surface area (Å²) in [6, 6.07) is 23.0. The lowest BCUT2D eigenvalue weighted by Gasteiger charge is -2.35. The van der Waals surface area contributed by atoms with Crippen LogP contribution >= 0.6 is 11.3 Å². The number of halogens is 1. The summed E-state index contributed by atoms with van der Waals surface area (Å²) < 4.78 is 15.6. The van der Waals surface area contributed by atoms with Gasteiger partial charge in [0.2, 0.25) is 23.6 Å². The summed E-state index contributed by atoms with van der Waals surface area (Å²) in [4.78, 5) is 73.5. The number of unbranched alkanes of at least 4 members (excludes halogenated alkanes) is 11. The zero-order valence-corrected chi connectivity index (χ0v) is 45.4. The van der Waals surface area contributed by atoms with Gasteiger partial charge in [0.15, 0.2) is 5.82 Å². The predicted octanol–water partition coefficient (Wildman–Crippen LogP) is 11.7. The second kappa shape index (κ2) is 26.7. The maximum Gasteiger partial charge on any atom is 0.323 e. The molecule has 0 bridgehead atoms. The molecule has 0 radical (unpaired) electrons. The van der Waals surface area contributed by atoms with E-state index >= 15 is 0 Å². The average Bonchev–Trinajstić information content (AvgIpc) is 4.13. The number of carbonyl (C=O) groups excluding carboxylic acids is 5. The Labute approximate surface area is 449 Å². The maximum absolute atomic E-state index is 14.1. The van der Waals surface area contributed by atoms with E-state index in [9.17, 15) is 33.5 Å². The second-order valence-corrected chi connectivity index (χ2v) is 22.1. The number of nitrogen functional groups attached to an aromatic ring is 1. The van der Waals surface area contributed by atoms with Crippen LogP contribution in [0.5, 0.6) is 0 Å². The van der Waals surface area contributed by atoms with Crippen molar-refractivity contribution in [1.82, 2.24) is 30.3 Å². The summed E-state index contributed by atoms with van der Waals surface area (Å²) in [7, 11) is 0. The SMILES string of the molecule is Cc1ccc(F)c(NC(=O)Nc2ccc(-c3cccc4c3c(N)nn4C(=O)CCCCCCCCCCCCCCC(=O)N[C@H](C(=O)N3C[C@H](O)C[C@H]3C(=O)NCc3ccc(-c4scnc4C)cc3)C(C)(C)C)cc2)c1. The standard InChI is InChI=1S/C59H74FN9O6S/c1-38-23-32-46(60)47(33-38)65-58(75)64-43-30-28-41(29-31-43)45-19-18-20-48-52(45)55(61)67-69(48)51(72)22-17-15-13-11-9-7-6-8-10-12-14-16-21-50(71)66-54(59(3,4)5)57(74)68-36-44(70)34-49(68)56(73)62-35-40-24-26-42(27-25-40)53-39(2)63-37-76-53/h18-20,23-33,37,44,49,54,70H,6-17,21-22,34-36H2,1-5H3,(H2,61,67)(H,62,73)(H,66,71)(H2,64,65,75)/t44-,49+,54-/m1/s1. The first-order chi connectivity index (χ1) is 36.5. The van der Waals surface area contributed by atoms with Crippen LogP contribution in [0.1, 0.15) is 139 Å². The van der Waals surface area contributed by atoms with Gasteiger partial charge in [-0.1, -0.05) is 140 Å². The molecule has 3 heterocycles. The molecule has 1 fully saturated rings. The zero-order valence-electron chi connectivity index (χ0n) is 44.6. The highest BCUT2D eigenvalue weighted by atomic mass is 32.1. The second-order valence-electron chi connectivity index (χ2n) is 21.2. The third kappa shape index (κ3) is 15.3. The Balaban J connectivity index is 0.740. The Bertz CT molecular complexity index is 2950. The van der Waals surface area contributed by atoms with Crippen LogP contribution in [0.3, 0.4) is 0 Å². The molecular weight excluding hydrogens is 982 g/mol. The number of hydrogen-bond acceptors (Lipinski definition) is 10. The van der Waals surface area contributed by atoms with Crippen LogP contribution in [0.15, 0.2) is 90.4 Å². The summed E-state index contributed by atoms with van der Waals surface area (Å²) in [5.41, 5.74) is 14.3. The van der Waals surface area contributed by atoms with E-state index in [1.165, 1.54) is 15.6 Å². The monoisotopic (exact) mass is 1060 g/mol. The van der Waals surface area contributed by atoms with Crippen molar-refractivity contribution in [3.63, 3.8) is 0 Å². The molecule has 7 N–H and O–H groups in total. The van der Waals surface area contributed by atoms with Crippen molar-refractivity contribution in [2.45, 2.75) is 156 Å². The first kappa shape index (κ1) is 56.7. The number of thiazole rings is 1. The largest absolute Gasteiger partial charge is 0.391 e. The number of hydrogen-bond donors (Lipinski definition) is 6. The van der Waals surface area contributed by atoms with Gasteiger partial charge in [0.05, 0.1) is 38.8 Å². The number of aryl methyl sites for hydroxylation is 2. The van der Waals surface area contributed by atoms with Crippen molar-refractivity contribution in [3.8, 4) is 21.6 Å².